The third kappa shape index (κ3) is 3.76. The van der Waals surface area contributed by atoms with Gasteiger partial charge in [-0.05, 0) is 44.9 Å². The average molecular weight is 334 g/mol. The molecule has 0 unspecified atom stereocenters. The molecule has 1 heterocycles. The number of anilines is 1. The van der Waals surface area contributed by atoms with Gasteiger partial charge in [0.2, 0.25) is 5.91 Å². The summed E-state index contributed by atoms with van der Waals surface area (Å²) in [4.78, 5) is 17.0. The van der Waals surface area contributed by atoms with Gasteiger partial charge in [-0.2, -0.15) is 5.10 Å². The molecule has 1 N–H and O–H groups in total. The van der Waals surface area contributed by atoms with E-state index in [0.717, 1.165) is 27.9 Å². The van der Waals surface area contributed by atoms with Crippen LogP contribution >= 0.6 is 0 Å². The molecule has 0 bridgehead atoms. The van der Waals surface area contributed by atoms with Crippen molar-refractivity contribution in [3.05, 3.63) is 65.0 Å². The summed E-state index contributed by atoms with van der Waals surface area (Å²) in [7, 11) is 0. The molecule has 0 saturated heterocycles. The first-order valence-electron chi connectivity index (χ1n) is 8.28. The van der Waals surface area contributed by atoms with E-state index >= 15 is 0 Å². The molecule has 5 heteroatoms. The van der Waals surface area contributed by atoms with Gasteiger partial charge in [-0.3, -0.25) is 4.79 Å². The van der Waals surface area contributed by atoms with Crippen LogP contribution in [-0.2, 0) is 11.3 Å². The van der Waals surface area contributed by atoms with Gasteiger partial charge in [0.25, 0.3) is 0 Å². The van der Waals surface area contributed by atoms with Crippen molar-refractivity contribution in [1.82, 2.24) is 14.8 Å². The maximum atomic E-state index is 12.5. The van der Waals surface area contributed by atoms with Crippen LogP contribution in [0.1, 0.15) is 22.5 Å². The highest BCUT2D eigenvalue weighted by atomic mass is 16.2. The molecule has 5 nitrogen and oxygen atoms in total. The molecule has 3 rings (SSSR count). The number of benzene rings is 2. The first-order chi connectivity index (χ1) is 11.9. The Kier molecular flexibility index (Phi) is 4.65. The van der Waals surface area contributed by atoms with Gasteiger partial charge in [-0.1, -0.05) is 42.0 Å². The zero-order valence-electron chi connectivity index (χ0n) is 15.0. The normalized spacial score (nSPS) is 10.7. The molecular formula is C20H22N4O. The Balaban J connectivity index is 1.85. The molecule has 128 valence electrons. The predicted molar refractivity (Wildman–Crippen MR) is 99.5 cm³/mol. The predicted octanol–water partition coefficient (Wildman–Crippen LogP) is 3.82. The molecule has 3 aromatic rings. The summed E-state index contributed by atoms with van der Waals surface area (Å²) in [5.41, 5.74) is 5.05. The van der Waals surface area contributed by atoms with Crippen LogP contribution in [0, 0.1) is 27.7 Å². The van der Waals surface area contributed by atoms with E-state index < -0.39 is 0 Å². The molecule has 0 atom stereocenters. The van der Waals surface area contributed by atoms with E-state index in [0.29, 0.717) is 11.6 Å². The van der Waals surface area contributed by atoms with Crippen molar-refractivity contribution in [2.24, 2.45) is 0 Å². The van der Waals surface area contributed by atoms with Crippen molar-refractivity contribution in [3.8, 4) is 11.4 Å². The van der Waals surface area contributed by atoms with Crippen LogP contribution in [-0.4, -0.2) is 20.7 Å². The summed E-state index contributed by atoms with van der Waals surface area (Å²) in [6.07, 6.45) is 0. The summed E-state index contributed by atoms with van der Waals surface area (Å²) in [6.45, 7) is 7.96. The number of amides is 1. The summed E-state index contributed by atoms with van der Waals surface area (Å²) in [6, 6.07) is 14.0. The van der Waals surface area contributed by atoms with E-state index in [2.05, 4.69) is 15.4 Å². The Bertz CT molecular complexity index is 907. The highest BCUT2D eigenvalue weighted by Crippen LogP contribution is 2.21. The third-order valence-electron chi connectivity index (χ3n) is 4.09. The van der Waals surface area contributed by atoms with E-state index in [1.54, 1.807) is 4.68 Å². The fourth-order valence-corrected chi connectivity index (χ4v) is 2.89. The van der Waals surface area contributed by atoms with Gasteiger partial charge in [0.15, 0.2) is 5.82 Å². The number of hydrogen-bond donors (Lipinski definition) is 1. The zero-order valence-corrected chi connectivity index (χ0v) is 15.0. The minimum atomic E-state index is -0.115. The Morgan fingerprint density at radius 1 is 1.04 bits per heavy atom. The number of nitrogens with one attached hydrogen (secondary N) is 1. The monoisotopic (exact) mass is 334 g/mol. The molecular weight excluding hydrogens is 312 g/mol. The number of para-hydroxylation sites is 1. The van der Waals surface area contributed by atoms with Gasteiger partial charge in [0, 0.05) is 11.3 Å². The largest absolute Gasteiger partial charge is 0.324 e. The Labute approximate surface area is 147 Å². The average Bonchev–Trinajstić information content (AvgIpc) is 2.91. The van der Waals surface area contributed by atoms with Crippen molar-refractivity contribution in [2.75, 3.05) is 5.32 Å². The van der Waals surface area contributed by atoms with E-state index in [1.165, 1.54) is 0 Å². The van der Waals surface area contributed by atoms with E-state index in [4.69, 9.17) is 0 Å². The lowest BCUT2D eigenvalue weighted by Crippen LogP contribution is -2.21. The van der Waals surface area contributed by atoms with Crippen LogP contribution in [0.3, 0.4) is 0 Å². The molecule has 0 aliphatic heterocycles. The molecule has 0 fully saturated rings. The first-order valence-corrected chi connectivity index (χ1v) is 8.28. The van der Waals surface area contributed by atoms with Gasteiger partial charge in [0.1, 0.15) is 12.4 Å². The SMILES string of the molecule is Cc1cccc(-c2nc(C)nn2CC(=O)Nc2c(C)cccc2C)c1. The smallest absolute Gasteiger partial charge is 0.246 e. The Morgan fingerprint density at radius 2 is 1.72 bits per heavy atom. The van der Waals surface area contributed by atoms with E-state index in [9.17, 15) is 4.79 Å². The quantitative estimate of drug-likeness (QED) is 0.789. The van der Waals surface area contributed by atoms with Crippen LogP contribution in [0.15, 0.2) is 42.5 Å². The molecule has 0 spiro atoms. The standard InChI is InChI=1S/C20H22N4O/c1-13-7-5-10-17(11-13)20-21-16(4)23-24(20)12-18(25)22-19-14(2)8-6-9-15(19)3/h5-11H,12H2,1-4H3,(H,22,25). The number of aromatic nitrogens is 3. The highest BCUT2D eigenvalue weighted by molar-refractivity contribution is 5.92. The minimum Gasteiger partial charge on any atom is -0.324 e. The molecule has 0 radical (unpaired) electrons. The van der Waals surface area contributed by atoms with Crippen molar-refractivity contribution in [2.45, 2.75) is 34.2 Å². The van der Waals surface area contributed by atoms with Crippen LogP contribution in [0.2, 0.25) is 0 Å². The second-order valence-electron chi connectivity index (χ2n) is 6.32. The fraction of sp³-hybridized carbons (Fsp3) is 0.250. The Hall–Kier alpha value is -2.95. The molecule has 1 aromatic heterocycles. The summed E-state index contributed by atoms with van der Waals surface area (Å²) in [5, 5.41) is 7.39. The van der Waals surface area contributed by atoms with Crippen molar-refractivity contribution in [1.29, 1.82) is 0 Å². The summed E-state index contributed by atoms with van der Waals surface area (Å²) >= 11 is 0. The second-order valence-corrected chi connectivity index (χ2v) is 6.32. The number of carbonyl (C=O) groups excluding carboxylic acids is 1. The number of rotatable bonds is 4. The molecule has 1 amide bonds. The lowest BCUT2D eigenvalue weighted by Gasteiger charge is -2.12. The molecule has 25 heavy (non-hydrogen) atoms. The first kappa shape index (κ1) is 16.9. The highest BCUT2D eigenvalue weighted by Gasteiger charge is 2.14. The lowest BCUT2D eigenvalue weighted by molar-refractivity contribution is -0.116. The van der Waals surface area contributed by atoms with Crippen molar-refractivity contribution in [3.63, 3.8) is 0 Å². The molecule has 0 aliphatic carbocycles. The molecule has 0 aliphatic rings. The van der Waals surface area contributed by atoms with Crippen molar-refractivity contribution < 1.29 is 4.79 Å². The number of carbonyl (C=O) groups is 1. The number of hydrogen-bond acceptors (Lipinski definition) is 3. The Morgan fingerprint density at radius 3 is 2.40 bits per heavy atom. The van der Waals surface area contributed by atoms with Gasteiger partial charge < -0.3 is 5.32 Å². The van der Waals surface area contributed by atoms with Gasteiger partial charge in [-0.25, -0.2) is 9.67 Å². The van der Waals surface area contributed by atoms with Crippen LogP contribution in [0.25, 0.3) is 11.4 Å². The third-order valence-corrected chi connectivity index (χ3v) is 4.09. The fourth-order valence-electron chi connectivity index (χ4n) is 2.89. The number of aryl methyl sites for hydroxylation is 4. The van der Waals surface area contributed by atoms with Gasteiger partial charge >= 0.3 is 0 Å². The van der Waals surface area contributed by atoms with Crippen molar-refractivity contribution >= 4 is 11.6 Å². The number of nitrogens with zero attached hydrogens (tertiary/aromatic N) is 3. The second kappa shape index (κ2) is 6.89. The molecule has 0 saturated carbocycles. The maximum absolute atomic E-state index is 12.5. The van der Waals surface area contributed by atoms with Crippen LogP contribution in [0.4, 0.5) is 5.69 Å². The molecule has 2 aromatic carbocycles. The zero-order chi connectivity index (χ0) is 18.0. The topological polar surface area (TPSA) is 59.8 Å². The van der Waals surface area contributed by atoms with E-state index in [1.807, 2.05) is 70.2 Å². The summed E-state index contributed by atoms with van der Waals surface area (Å²) < 4.78 is 1.66. The van der Waals surface area contributed by atoms with Gasteiger partial charge in [0.05, 0.1) is 0 Å². The maximum Gasteiger partial charge on any atom is 0.246 e. The lowest BCUT2D eigenvalue weighted by atomic mass is 10.1. The van der Waals surface area contributed by atoms with Crippen LogP contribution < -0.4 is 5.32 Å². The van der Waals surface area contributed by atoms with Crippen LogP contribution in [0.5, 0.6) is 0 Å². The van der Waals surface area contributed by atoms with Gasteiger partial charge in [-0.15, -0.1) is 0 Å². The minimum absolute atomic E-state index is 0.115. The summed E-state index contributed by atoms with van der Waals surface area (Å²) in [5.74, 6) is 1.24. The van der Waals surface area contributed by atoms with E-state index in [-0.39, 0.29) is 12.5 Å².